The standard InChI is InChI=1S/C17H21N3O4/c1-12-10-18-20(11-12)7-6-16(21)19-15(9-17(22)23)13-4-3-5-14(8-13)24-2/h3-5,8,10-11,15H,6-7,9H2,1-2H3,(H,19,21)(H,22,23). The highest BCUT2D eigenvalue weighted by molar-refractivity contribution is 5.77. The van der Waals surface area contributed by atoms with Crippen molar-refractivity contribution in [1.29, 1.82) is 0 Å². The number of nitrogens with one attached hydrogen (secondary N) is 1. The molecular formula is C17H21N3O4. The van der Waals surface area contributed by atoms with Gasteiger partial charge < -0.3 is 15.2 Å². The van der Waals surface area contributed by atoms with Gasteiger partial charge in [0.25, 0.3) is 0 Å². The molecule has 24 heavy (non-hydrogen) atoms. The number of rotatable bonds is 8. The van der Waals surface area contributed by atoms with Crippen LogP contribution in [0, 0.1) is 6.92 Å². The third kappa shape index (κ3) is 5.12. The second kappa shape index (κ2) is 8.14. The topological polar surface area (TPSA) is 93.5 Å². The first-order chi connectivity index (χ1) is 11.5. The fraction of sp³-hybridized carbons (Fsp3) is 0.353. The Hall–Kier alpha value is -2.83. The molecule has 128 valence electrons. The Kier molecular flexibility index (Phi) is 5.95. The lowest BCUT2D eigenvalue weighted by Crippen LogP contribution is -2.30. The van der Waals surface area contributed by atoms with Crippen molar-refractivity contribution < 1.29 is 19.4 Å². The highest BCUT2D eigenvalue weighted by Gasteiger charge is 2.18. The zero-order valence-corrected chi connectivity index (χ0v) is 13.7. The van der Waals surface area contributed by atoms with Crippen molar-refractivity contribution in [2.45, 2.75) is 32.4 Å². The summed E-state index contributed by atoms with van der Waals surface area (Å²) >= 11 is 0. The zero-order chi connectivity index (χ0) is 17.5. The number of amides is 1. The van der Waals surface area contributed by atoms with E-state index in [9.17, 15) is 9.59 Å². The lowest BCUT2D eigenvalue weighted by Gasteiger charge is -2.18. The van der Waals surface area contributed by atoms with Gasteiger partial charge >= 0.3 is 5.97 Å². The average molecular weight is 331 g/mol. The molecule has 0 radical (unpaired) electrons. The molecule has 0 aliphatic rings. The van der Waals surface area contributed by atoms with Gasteiger partial charge in [-0.15, -0.1) is 0 Å². The average Bonchev–Trinajstić information content (AvgIpc) is 2.97. The van der Waals surface area contributed by atoms with Crippen LogP contribution in [0.25, 0.3) is 0 Å². The molecule has 2 aromatic rings. The summed E-state index contributed by atoms with van der Waals surface area (Å²) in [6.07, 6.45) is 3.60. The largest absolute Gasteiger partial charge is 0.497 e. The molecule has 7 nitrogen and oxygen atoms in total. The van der Waals surface area contributed by atoms with Crippen LogP contribution in [-0.2, 0) is 16.1 Å². The first-order valence-corrected chi connectivity index (χ1v) is 7.62. The predicted molar refractivity (Wildman–Crippen MR) is 87.7 cm³/mol. The minimum atomic E-state index is -0.981. The van der Waals surface area contributed by atoms with Gasteiger partial charge in [0.1, 0.15) is 5.75 Å². The Morgan fingerprint density at radius 2 is 2.21 bits per heavy atom. The van der Waals surface area contributed by atoms with E-state index in [1.54, 1.807) is 35.1 Å². The van der Waals surface area contributed by atoms with Gasteiger partial charge in [0.05, 0.1) is 25.8 Å². The van der Waals surface area contributed by atoms with E-state index in [2.05, 4.69) is 10.4 Å². The summed E-state index contributed by atoms with van der Waals surface area (Å²) in [5, 5.41) is 16.0. The summed E-state index contributed by atoms with van der Waals surface area (Å²) in [6.45, 7) is 2.37. The van der Waals surface area contributed by atoms with Gasteiger partial charge in [-0.05, 0) is 30.2 Å². The Morgan fingerprint density at radius 1 is 1.42 bits per heavy atom. The molecule has 1 atom stereocenters. The number of carboxylic acids is 1. The summed E-state index contributed by atoms with van der Waals surface area (Å²) in [7, 11) is 1.54. The second-order valence-corrected chi connectivity index (χ2v) is 5.53. The van der Waals surface area contributed by atoms with Crippen LogP contribution in [0.2, 0.25) is 0 Å². The number of carbonyl (C=O) groups excluding carboxylic acids is 1. The highest BCUT2D eigenvalue weighted by atomic mass is 16.5. The van der Waals surface area contributed by atoms with Gasteiger partial charge in [0.2, 0.25) is 5.91 Å². The monoisotopic (exact) mass is 331 g/mol. The van der Waals surface area contributed by atoms with Crippen molar-refractivity contribution in [2.24, 2.45) is 0 Å². The smallest absolute Gasteiger partial charge is 0.305 e. The maximum absolute atomic E-state index is 12.2. The Bertz CT molecular complexity index is 711. The van der Waals surface area contributed by atoms with Crippen LogP contribution in [-0.4, -0.2) is 33.9 Å². The Balaban J connectivity index is 2.01. The van der Waals surface area contributed by atoms with E-state index < -0.39 is 12.0 Å². The molecule has 1 aromatic heterocycles. The SMILES string of the molecule is COc1cccc(C(CC(=O)O)NC(=O)CCn2cc(C)cn2)c1. The molecule has 7 heteroatoms. The second-order valence-electron chi connectivity index (χ2n) is 5.53. The predicted octanol–water partition coefficient (Wildman–Crippen LogP) is 1.92. The molecule has 1 heterocycles. The van der Waals surface area contributed by atoms with Crippen LogP contribution in [0.5, 0.6) is 5.75 Å². The number of methoxy groups -OCH3 is 1. The molecule has 1 unspecified atom stereocenters. The Labute approximate surface area is 140 Å². The van der Waals surface area contributed by atoms with Crippen LogP contribution in [0.1, 0.15) is 30.0 Å². The van der Waals surface area contributed by atoms with E-state index in [1.165, 1.54) is 7.11 Å². The molecule has 1 amide bonds. The fourth-order valence-electron chi connectivity index (χ4n) is 2.36. The fourth-order valence-corrected chi connectivity index (χ4v) is 2.36. The maximum Gasteiger partial charge on any atom is 0.305 e. The maximum atomic E-state index is 12.2. The molecule has 2 N–H and O–H groups in total. The van der Waals surface area contributed by atoms with Gasteiger partial charge in [0, 0.05) is 19.2 Å². The lowest BCUT2D eigenvalue weighted by atomic mass is 10.0. The van der Waals surface area contributed by atoms with E-state index >= 15 is 0 Å². The molecule has 0 aliphatic carbocycles. The normalized spacial score (nSPS) is 11.8. The molecule has 0 fully saturated rings. The first kappa shape index (κ1) is 17.5. The van der Waals surface area contributed by atoms with Crippen molar-refractivity contribution in [3.05, 3.63) is 47.8 Å². The van der Waals surface area contributed by atoms with Crippen LogP contribution in [0.15, 0.2) is 36.7 Å². The van der Waals surface area contributed by atoms with Crippen molar-refractivity contribution in [1.82, 2.24) is 15.1 Å². The van der Waals surface area contributed by atoms with Crippen molar-refractivity contribution >= 4 is 11.9 Å². The van der Waals surface area contributed by atoms with Gasteiger partial charge in [-0.2, -0.15) is 5.10 Å². The molecule has 0 bridgehead atoms. The number of hydrogen-bond acceptors (Lipinski definition) is 4. The summed E-state index contributed by atoms with van der Waals surface area (Å²) < 4.78 is 6.84. The van der Waals surface area contributed by atoms with Gasteiger partial charge in [-0.3, -0.25) is 14.3 Å². The number of hydrogen-bond donors (Lipinski definition) is 2. The van der Waals surface area contributed by atoms with Gasteiger partial charge in [-0.25, -0.2) is 0 Å². The number of aliphatic carboxylic acids is 1. The van der Waals surface area contributed by atoms with Crippen molar-refractivity contribution in [2.75, 3.05) is 7.11 Å². The summed E-state index contributed by atoms with van der Waals surface area (Å²) in [5.74, 6) is -0.591. The number of nitrogens with zero attached hydrogens (tertiary/aromatic N) is 2. The molecule has 0 saturated carbocycles. The minimum Gasteiger partial charge on any atom is -0.497 e. The zero-order valence-electron chi connectivity index (χ0n) is 13.7. The van der Waals surface area contributed by atoms with Gasteiger partial charge in [-0.1, -0.05) is 12.1 Å². The van der Waals surface area contributed by atoms with Crippen LogP contribution in [0.4, 0.5) is 0 Å². The number of carboxylic acid groups (broad SMARTS) is 1. The summed E-state index contributed by atoms with van der Waals surface area (Å²) in [4.78, 5) is 23.3. The minimum absolute atomic E-state index is 0.195. The Morgan fingerprint density at radius 3 is 2.83 bits per heavy atom. The summed E-state index contributed by atoms with van der Waals surface area (Å²) in [6, 6.07) is 6.42. The molecule has 0 aliphatic heterocycles. The number of ether oxygens (including phenoxy) is 1. The van der Waals surface area contributed by atoms with E-state index in [1.807, 2.05) is 13.1 Å². The van der Waals surface area contributed by atoms with Crippen molar-refractivity contribution in [3.8, 4) is 5.75 Å². The first-order valence-electron chi connectivity index (χ1n) is 7.62. The van der Waals surface area contributed by atoms with Crippen molar-refractivity contribution in [3.63, 3.8) is 0 Å². The van der Waals surface area contributed by atoms with Gasteiger partial charge in [0.15, 0.2) is 0 Å². The third-order valence-electron chi connectivity index (χ3n) is 3.54. The van der Waals surface area contributed by atoms with E-state index in [0.29, 0.717) is 17.9 Å². The number of benzene rings is 1. The molecule has 0 spiro atoms. The molecular weight excluding hydrogens is 310 g/mol. The summed E-state index contributed by atoms with van der Waals surface area (Å²) in [5.41, 5.74) is 1.72. The lowest BCUT2D eigenvalue weighted by molar-refractivity contribution is -0.137. The molecule has 0 saturated heterocycles. The van der Waals surface area contributed by atoms with E-state index in [4.69, 9.17) is 9.84 Å². The molecule has 2 rings (SSSR count). The van der Waals surface area contributed by atoms with Crippen LogP contribution >= 0.6 is 0 Å². The number of carbonyl (C=O) groups is 2. The third-order valence-corrected chi connectivity index (χ3v) is 3.54. The number of aryl methyl sites for hydroxylation is 2. The van der Waals surface area contributed by atoms with E-state index in [0.717, 1.165) is 5.56 Å². The quantitative estimate of drug-likeness (QED) is 0.771. The molecule has 1 aromatic carbocycles. The number of aromatic nitrogens is 2. The van der Waals surface area contributed by atoms with Crippen LogP contribution in [0.3, 0.4) is 0 Å². The highest BCUT2D eigenvalue weighted by Crippen LogP contribution is 2.22. The van der Waals surface area contributed by atoms with E-state index in [-0.39, 0.29) is 18.7 Å². The van der Waals surface area contributed by atoms with Crippen LogP contribution < -0.4 is 10.1 Å².